The van der Waals surface area contributed by atoms with Crippen molar-refractivity contribution in [2.75, 3.05) is 12.8 Å². The molecule has 2 N–H and O–H groups in total. The van der Waals surface area contributed by atoms with Gasteiger partial charge in [-0.3, -0.25) is 0 Å². The topological polar surface area (TPSA) is 61.0 Å². The van der Waals surface area contributed by atoms with Crippen molar-refractivity contribution in [3.63, 3.8) is 0 Å². The highest BCUT2D eigenvalue weighted by Crippen LogP contribution is 2.30. The summed E-state index contributed by atoms with van der Waals surface area (Å²) in [6.45, 7) is 2.07. The third-order valence-electron chi connectivity index (χ3n) is 2.21. The number of nitrogens with zero attached hydrogens (tertiary/aromatic N) is 2. The van der Waals surface area contributed by atoms with Crippen LogP contribution in [0.4, 0.5) is 5.13 Å². The van der Waals surface area contributed by atoms with Crippen LogP contribution in [0.25, 0.3) is 0 Å². The maximum Gasteiger partial charge on any atom is 0.203 e. The number of rotatable bonds is 4. The molecular weight excluding hydrogens is 254 g/mol. The van der Waals surface area contributed by atoms with Crippen LogP contribution < -0.4 is 10.5 Å². The van der Waals surface area contributed by atoms with E-state index in [1.54, 1.807) is 18.9 Å². The van der Waals surface area contributed by atoms with Gasteiger partial charge in [-0.25, -0.2) is 0 Å². The van der Waals surface area contributed by atoms with Gasteiger partial charge in [0.15, 0.2) is 4.34 Å². The monoisotopic (exact) mass is 267 g/mol. The molecule has 0 saturated carbocycles. The third-order valence-corrected chi connectivity index (χ3v) is 4.14. The van der Waals surface area contributed by atoms with Gasteiger partial charge in [-0.2, -0.15) is 0 Å². The van der Waals surface area contributed by atoms with Gasteiger partial charge in [0.1, 0.15) is 5.75 Å². The Morgan fingerprint density at radius 1 is 1.41 bits per heavy atom. The number of aryl methyl sites for hydroxylation is 1. The number of methoxy groups -OCH3 is 1. The Kier molecular flexibility index (Phi) is 3.86. The van der Waals surface area contributed by atoms with Crippen molar-refractivity contribution in [1.82, 2.24) is 10.2 Å². The van der Waals surface area contributed by atoms with Crippen LogP contribution in [0.3, 0.4) is 0 Å². The van der Waals surface area contributed by atoms with E-state index in [-0.39, 0.29) is 0 Å². The summed E-state index contributed by atoms with van der Waals surface area (Å²) in [7, 11) is 1.68. The first-order valence-corrected chi connectivity index (χ1v) is 6.84. The Balaban J connectivity index is 2.10. The molecule has 4 nitrogen and oxygen atoms in total. The van der Waals surface area contributed by atoms with E-state index in [2.05, 4.69) is 23.2 Å². The van der Waals surface area contributed by atoms with Gasteiger partial charge >= 0.3 is 0 Å². The van der Waals surface area contributed by atoms with Crippen LogP contribution in [0.2, 0.25) is 0 Å². The fourth-order valence-corrected chi connectivity index (χ4v) is 3.05. The van der Waals surface area contributed by atoms with Crippen molar-refractivity contribution in [2.24, 2.45) is 0 Å². The summed E-state index contributed by atoms with van der Waals surface area (Å²) in [6.07, 6.45) is 0. The minimum Gasteiger partial charge on any atom is -0.496 e. The van der Waals surface area contributed by atoms with Crippen molar-refractivity contribution >= 4 is 28.2 Å². The van der Waals surface area contributed by atoms with Gasteiger partial charge in [-0.05, 0) is 13.0 Å². The minimum absolute atomic E-state index is 0.503. The molecule has 0 amide bonds. The quantitative estimate of drug-likeness (QED) is 0.863. The van der Waals surface area contributed by atoms with Crippen molar-refractivity contribution in [2.45, 2.75) is 17.0 Å². The molecule has 0 atom stereocenters. The van der Waals surface area contributed by atoms with Crippen LogP contribution in [0, 0.1) is 6.92 Å². The molecular formula is C11H13N3OS2. The van der Waals surface area contributed by atoms with Crippen LogP contribution >= 0.6 is 23.1 Å². The fraction of sp³-hybridized carbons (Fsp3) is 0.273. The fourth-order valence-electron chi connectivity index (χ4n) is 1.44. The Morgan fingerprint density at radius 3 is 2.88 bits per heavy atom. The van der Waals surface area contributed by atoms with Gasteiger partial charge in [-0.1, -0.05) is 40.8 Å². The van der Waals surface area contributed by atoms with Gasteiger partial charge in [0, 0.05) is 11.3 Å². The van der Waals surface area contributed by atoms with E-state index < -0.39 is 0 Å². The highest BCUT2D eigenvalue weighted by molar-refractivity contribution is 8.00. The Morgan fingerprint density at radius 2 is 2.24 bits per heavy atom. The summed E-state index contributed by atoms with van der Waals surface area (Å²) in [6, 6.07) is 6.14. The number of benzene rings is 1. The second kappa shape index (κ2) is 5.37. The molecule has 0 aliphatic carbocycles. The van der Waals surface area contributed by atoms with Crippen LogP contribution in [-0.2, 0) is 5.75 Å². The maximum atomic E-state index is 5.53. The first-order valence-electron chi connectivity index (χ1n) is 5.04. The molecule has 17 heavy (non-hydrogen) atoms. The average molecular weight is 267 g/mol. The van der Waals surface area contributed by atoms with E-state index in [9.17, 15) is 0 Å². The number of anilines is 1. The third kappa shape index (κ3) is 3.10. The van der Waals surface area contributed by atoms with Crippen LogP contribution in [-0.4, -0.2) is 17.3 Å². The first-order chi connectivity index (χ1) is 8.19. The predicted molar refractivity (Wildman–Crippen MR) is 71.6 cm³/mol. The van der Waals surface area contributed by atoms with Gasteiger partial charge in [0.2, 0.25) is 5.13 Å². The molecule has 90 valence electrons. The van der Waals surface area contributed by atoms with E-state index in [1.165, 1.54) is 16.9 Å². The van der Waals surface area contributed by atoms with E-state index >= 15 is 0 Å². The van der Waals surface area contributed by atoms with Crippen molar-refractivity contribution in [3.05, 3.63) is 29.3 Å². The van der Waals surface area contributed by atoms with Gasteiger partial charge in [0.25, 0.3) is 0 Å². The average Bonchev–Trinajstić information content (AvgIpc) is 2.73. The molecule has 6 heteroatoms. The van der Waals surface area contributed by atoms with E-state index in [4.69, 9.17) is 10.5 Å². The van der Waals surface area contributed by atoms with Crippen molar-refractivity contribution < 1.29 is 4.74 Å². The lowest BCUT2D eigenvalue weighted by Gasteiger charge is -2.07. The molecule has 0 fully saturated rings. The standard InChI is InChI=1S/C11H13N3OS2/c1-7-3-4-9(15-2)8(5-7)6-16-11-14-13-10(12)17-11/h3-5H,6H2,1-2H3,(H2,12,13). The number of hydrogen-bond acceptors (Lipinski definition) is 6. The lowest BCUT2D eigenvalue weighted by molar-refractivity contribution is 0.411. The molecule has 0 aliphatic heterocycles. The largest absolute Gasteiger partial charge is 0.496 e. The molecule has 2 aromatic rings. The molecule has 1 aromatic heterocycles. The zero-order valence-corrected chi connectivity index (χ0v) is 11.3. The van der Waals surface area contributed by atoms with Crippen LogP contribution in [0.1, 0.15) is 11.1 Å². The smallest absolute Gasteiger partial charge is 0.203 e. The molecule has 0 radical (unpaired) electrons. The Hall–Kier alpha value is -1.27. The zero-order valence-electron chi connectivity index (χ0n) is 9.64. The summed E-state index contributed by atoms with van der Waals surface area (Å²) in [5.74, 6) is 1.71. The number of thioether (sulfide) groups is 1. The van der Waals surface area contributed by atoms with Gasteiger partial charge in [-0.15, -0.1) is 10.2 Å². The molecule has 0 aliphatic rings. The summed E-state index contributed by atoms with van der Waals surface area (Å²) in [5.41, 5.74) is 7.91. The molecule has 0 unspecified atom stereocenters. The highest BCUT2D eigenvalue weighted by Gasteiger charge is 2.06. The first kappa shape index (κ1) is 12.2. The summed E-state index contributed by atoms with van der Waals surface area (Å²) in [5, 5.41) is 8.26. The van der Waals surface area contributed by atoms with Crippen molar-refractivity contribution in [1.29, 1.82) is 0 Å². The Bertz CT molecular complexity index is 513. The minimum atomic E-state index is 0.503. The second-order valence-corrected chi connectivity index (χ2v) is 5.74. The van der Waals surface area contributed by atoms with E-state index in [1.807, 2.05) is 12.1 Å². The second-order valence-electron chi connectivity index (χ2n) is 3.51. The van der Waals surface area contributed by atoms with Crippen LogP contribution in [0.5, 0.6) is 5.75 Å². The van der Waals surface area contributed by atoms with E-state index in [0.717, 1.165) is 21.4 Å². The lowest BCUT2D eigenvalue weighted by Crippen LogP contribution is -1.91. The number of aromatic nitrogens is 2. The maximum absolute atomic E-state index is 5.53. The van der Waals surface area contributed by atoms with Crippen molar-refractivity contribution in [3.8, 4) is 5.75 Å². The van der Waals surface area contributed by atoms with Crippen LogP contribution in [0.15, 0.2) is 22.5 Å². The summed E-state index contributed by atoms with van der Waals surface area (Å²) >= 11 is 3.02. The molecule has 0 bridgehead atoms. The molecule has 1 heterocycles. The van der Waals surface area contributed by atoms with Gasteiger partial charge < -0.3 is 10.5 Å². The normalized spacial score (nSPS) is 10.5. The summed E-state index contributed by atoms with van der Waals surface area (Å²) in [4.78, 5) is 0. The zero-order chi connectivity index (χ0) is 12.3. The number of hydrogen-bond donors (Lipinski definition) is 1. The molecule has 0 saturated heterocycles. The molecule has 1 aromatic carbocycles. The van der Waals surface area contributed by atoms with E-state index in [0.29, 0.717) is 5.13 Å². The lowest BCUT2D eigenvalue weighted by atomic mass is 10.1. The number of ether oxygens (including phenoxy) is 1. The Labute approximate surface area is 108 Å². The molecule has 0 spiro atoms. The SMILES string of the molecule is COc1ccc(C)cc1CSc1nnc(N)s1. The highest BCUT2D eigenvalue weighted by atomic mass is 32.2. The van der Waals surface area contributed by atoms with Gasteiger partial charge in [0.05, 0.1) is 7.11 Å². The predicted octanol–water partition coefficient (Wildman–Crippen LogP) is 2.73. The number of nitrogen functional groups attached to an aromatic ring is 1. The number of nitrogens with two attached hydrogens (primary N) is 1. The molecule has 2 rings (SSSR count). The summed E-state index contributed by atoms with van der Waals surface area (Å²) < 4.78 is 6.20.